The average Bonchev–Trinajstić information content (AvgIpc) is 3.41. The zero-order valence-corrected chi connectivity index (χ0v) is 29.3. The molecule has 2 amide bonds. The summed E-state index contributed by atoms with van der Waals surface area (Å²) in [5, 5.41) is 7.98. The van der Waals surface area contributed by atoms with E-state index in [4.69, 9.17) is 0 Å². The van der Waals surface area contributed by atoms with Gasteiger partial charge in [-0.2, -0.15) is 0 Å². The second-order valence-corrected chi connectivity index (χ2v) is 16.9. The number of alkyl halides is 3. The van der Waals surface area contributed by atoms with E-state index in [1.165, 1.54) is 18.0 Å². The first-order valence-corrected chi connectivity index (χ1v) is 18.2. The summed E-state index contributed by atoms with van der Waals surface area (Å²) in [6.07, 6.45) is 5.08. The molecule has 11 nitrogen and oxygen atoms in total. The van der Waals surface area contributed by atoms with Crippen LogP contribution >= 0.6 is 15.9 Å². The van der Waals surface area contributed by atoms with Gasteiger partial charge in [-0.25, -0.2) is 0 Å². The molecule has 0 radical (unpaired) electrons. The Labute approximate surface area is 283 Å². The molecule has 3 aliphatic heterocycles. The van der Waals surface area contributed by atoms with Gasteiger partial charge in [0.25, 0.3) is 0 Å². The number of nitrogens with zero attached hydrogens (tertiary/aromatic N) is 7. The Bertz CT molecular complexity index is 1900. The molecule has 240 valence electrons. The van der Waals surface area contributed by atoms with Crippen LogP contribution in [0.5, 0.6) is 0 Å². The number of fused-ring (bicyclic) bond motifs is 2. The van der Waals surface area contributed by atoms with Crippen LogP contribution in [0, 0.1) is 13.8 Å². The molecule has 0 saturated carbocycles. The van der Waals surface area contributed by atoms with E-state index in [-0.39, 0.29) is 58.5 Å². The third kappa shape index (κ3) is 5.61. The first kappa shape index (κ1) is 31.2. The topological polar surface area (TPSA) is 126 Å². The molecule has 3 aliphatic rings. The minimum absolute atomic E-state index is 0.0228. The van der Waals surface area contributed by atoms with Crippen LogP contribution in [0.2, 0.25) is 0 Å². The van der Waals surface area contributed by atoms with Crippen molar-refractivity contribution in [3.63, 3.8) is 0 Å². The summed E-state index contributed by atoms with van der Waals surface area (Å²) in [5.74, 6) is 0.216. The van der Waals surface area contributed by atoms with Gasteiger partial charge in [-0.1, -0.05) is 0 Å². The number of pyridine rings is 1. The van der Waals surface area contributed by atoms with E-state index in [0.717, 1.165) is 25.2 Å². The fourth-order valence-corrected chi connectivity index (χ4v) is 10.8. The number of Topliss-reactive ketones (excluding diaryl/α,β-unsaturated/α-hetero) is 1. The quantitative estimate of drug-likeness (QED) is 0.0877. The first-order chi connectivity index (χ1) is 22.1. The van der Waals surface area contributed by atoms with Crippen molar-refractivity contribution in [2.45, 2.75) is 60.3 Å². The molecule has 3 fully saturated rings. The number of aromatic nitrogens is 5. The van der Waals surface area contributed by atoms with Crippen molar-refractivity contribution in [3.05, 3.63) is 63.9 Å². The molecule has 4 aromatic rings. The molecule has 14 heteroatoms. The zero-order chi connectivity index (χ0) is 32.3. The predicted octanol–water partition coefficient (Wildman–Crippen LogP) is 1.05. The predicted molar refractivity (Wildman–Crippen MR) is 168 cm³/mol. The van der Waals surface area contributed by atoms with Crippen molar-refractivity contribution in [2.24, 2.45) is 0 Å². The zero-order valence-electron chi connectivity index (χ0n) is 25.6. The Morgan fingerprint density at radius 1 is 1.13 bits per heavy atom. The number of carbonyl (C=O) groups excluding carboxylic acids is 3. The molecule has 0 unspecified atom stereocenters. The molecule has 1 N–H and O–H groups in total. The van der Waals surface area contributed by atoms with Crippen molar-refractivity contribution >= 4 is 50.2 Å². The van der Waals surface area contributed by atoms with Gasteiger partial charge in [-0.05, 0) is 6.92 Å². The van der Waals surface area contributed by atoms with Gasteiger partial charge < -0.3 is 0 Å². The Morgan fingerprint density at radius 3 is 2.57 bits per heavy atom. The number of nitrogens with one attached hydrogen (secondary N) is 1. The molecule has 3 atom stereocenters. The molecular weight excluding hydrogens is 770 g/mol. The van der Waals surface area contributed by atoms with Crippen LogP contribution in [0.1, 0.15) is 47.2 Å². The molecule has 46 heavy (non-hydrogen) atoms. The Hall–Kier alpha value is -3.37. The Morgan fingerprint density at radius 2 is 1.89 bits per heavy atom. The molecular formula is C32H32BrFIN8O3-. The van der Waals surface area contributed by atoms with Crippen LogP contribution in [0.15, 0.2) is 41.3 Å². The normalized spacial score (nSPS) is 22.2. The molecule has 0 spiro atoms. The van der Waals surface area contributed by atoms with Crippen molar-refractivity contribution < 1.29 is 40.0 Å². The van der Waals surface area contributed by atoms with E-state index in [0.29, 0.717) is 50.3 Å². The molecule has 7 rings (SSSR count). The van der Waals surface area contributed by atoms with E-state index in [2.05, 4.69) is 46.2 Å². The number of ketones is 1. The van der Waals surface area contributed by atoms with Gasteiger partial charge in [0.2, 0.25) is 0 Å². The fraction of sp³-hybridized carbons (Fsp3) is 0.406. The molecule has 0 bridgehead atoms. The maximum atomic E-state index is 14.6. The van der Waals surface area contributed by atoms with Gasteiger partial charge in [0.15, 0.2) is 0 Å². The van der Waals surface area contributed by atoms with Gasteiger partial charge in [-0.15, -0.1) is 0 Å². The third-order valence-electron chi connectivity index (χ3n) is 8.94. The van der Waals surface area contributed by atoms with Crippen molar-refractivity contribution in [1.29, 1.82) is 0 Å². The van der Waals surface area contributed by atoms with Gasteiger partial charge in [0, 0.05) is 0 Å². The summed E-state index contributed by atoms with van der Waals surface area (Å²) >= 11 is 3.03. The molecule has 3 saturated heterocycles. The van der Waals surface area contributed by atoms with Crippen molar-refractivity contribution in [2.75, 3.05) is 25.0 Å². The summed E-state index contributed by atoms with van der Waals surface area (Å²) in [5.41, 5.74) is 3.00. The summed E-state index contributed by atoms with van der Waals surface area (Å²) in [6.45, 7) is 6.99. The van der Waals surface area contributed by atoms with E-state index in [1.807, 2.05) is 19.1 Å². The molecule has 0 aliphatic carbocycles. The number of aryl methyl sites for hydroxylation is 2. The van der Waals surface area contributed by atoms with Crippen LogP contribution in [0.3, 0.4) is 0 Å². The summed E-state index contributed by atoms with van der Waals surface area (Å²) < 4.78 is 16.7. The fourth-order valence-electron chi connectivity index (χ4n) is 6.43. The van der Waals surface area contributed by atoms with Crippen molar-refractivity contribution in [3.8, 4) is 11.1 Å². The molecule has 3 aromatic heterocycles. The molecule has 1 aromatic carbocycles. The average molecular weight is 802 g/mol. The number of carbonyl (C=O) groups is 3. The van der Waals surface area contributed by atoms with Gasteiger partial charge in [0.05, 0.1) is 0 Å². The van der Waals surface area contributed by atoms with Crippen LogP contribution in [-0.2, 0) is 22.8 Å². The maximum absolute atomic E-state index is 14.6. The second-order valence-electron chi connectivity index (χ2n) is 12.2. The number of hydrogen-bond acceptors (Lipinski definition) is 8. The summed E-state index contributed by atoms with van der Waals surface area (Å²) in [4.78, 5) is 58.0. The minimum atomic E-state index is -0.824. The Balaban J connectivity index is 1.23. The van der Waals surface area contributed by atoms with E-state index >= 15 is 0 Å². The van der Waals surface area contributed by atoms with Gasteiger partial charge in [0.1, 0.15) is 5.82 Å². The number of likely N-dealkylation sites (tertiary alicyclic amines) is 2. The number of benzene rings is 1. The van der Waals surface area contributed by atoms with Crippen LogP contribution in [0.4, 0.5) is 10.2 Å². The Kier molecular flexibility index (Phi) is 8.16. The summed E-state index contributed by atoms with van der Waals surface area (Å²) in [7, 11) is 0. The summed E-state index contributed by atoms with van der Waals surface area (Å²) in [6, 6.07) is 6.47. The van der Waals surface area contributed by atoms with Crippen LogP contribution in [-0.4, -0.2) is 85.3 Å². The first-order valence-electron chi connectivity index (χ1n) is 15.1. The van der Waals surface area contributed by atoms with E-state index < -0.39 is 12.7 Å². The number of anilines is 1. The van der Waals surface area contributed by atoms with E-state index in [9.17, 15) is 18.8 Å². The number of amides is 2. The standard InChI is InChI=1S/C32H32BrFIN8O3/c1-17-5-6-25(33)38-29(17)39-30(46)24-11-32(16-41-7-4-8-41)31(35-32)43(24)26(45)15-42-28-21(12-34)9-20(22-13-36-19(3)37-14-22)10-23(28)27(40-42)18(2)44/h5-6,9-10,13-14,24,31H,4,7-8,11-12,15-16H2,1-3H3,(H,38,39,46)/q-1/t24-,31-,32-/m0/s1. The second kappa shape index (κ2) is 12.0. The SMILES string of the molecule is CC(=O)c1nn(CC(=O)N2[C@H](C(=O)Nc3nc(Br)ccc3C)C[C@@]3(CN4CCC4)[I-][C@@H]23)c2c(CF)cc(-c3cnc(C)nc3)cc12. The van der Waals surface area contributed by atoms with E-state index in [1.54, 1.807) is 36.4 Å². The number of rotatable bonds is 9. The van der Waals surface area contributed by atoms with Gasteiger partial charge >= 0.3 is 272 Å². The van der Waals surface area contributed by atoms with Gasteiger partial charge in [-0.3, -0.25) is 0 Å². The van der Waals surface area contributed by atoms with Crippen molar-refractivity contribution in [1.82, 2.24) is 34.5 Å². The molecule has 6 heterocycles. The van der Waals surface area contributed by atoms with Crippen LogP contribution < -0.4 is 26.5 Å². The third-order valence-corrected chi connectivity index (χ3v) is 13.7. The number of hydrogen-bond donors (Lipinski definition) is 1. The monoisotopic (exact) mass is 801 g/mol. The number of halogens is 3. The van der Waals surface area contributed by atoms with Crippen LogP contribution in [0.25, 0.3) is 22.0 Å².